The number of benzene rings is 1. The van der Waals surface area contributed by atoms with Crippen molar-refractivity contribution in [1.29, 1.82) is 5.26 Å². The number of hydrogen-bond acceptors (Lipinski definition) is 3. The molecule has 19 heavy (non-hydrogen) atoms. The van der Waals surface area contributed by atoms with Crippen LogP contribution < -0.4 is 0 Å². The molecule has 0 radical (unpaired) electrons. The van der Waals surface area contributed by atoms with E-state index in [1.165, 1.54) is 0 Å². The van der Waals surface area contributed by atoms with Crippen molar-refractivity contribution in [3.05, 3.63) is 58.8 Å². The Morgan fingerprint density at radius 2 is 1.95 bits per heavy atom. The summed E-state index contributed by atoms with van der Waals surface area (Å²) in [6.45, 7) is 3.69. The Morgan fingerprint density at radius 1 is 1.26 bits per heavy atom. The van der Waals surface area contributed by atoms with Gasteiger partial charge >= 0.3 is 0 Å². The van der Waals surface area contributed by atoms with Gasteiger partial charge in [-0.25, -0.2) is 4.98 Å². The number of rotatable bonds is 3. The van der Waals surface area contributed by atoms with Gasteiger partial charge in [-0.05, 0) is 31.0 Å². The summed E-state index contributed by atoms with van der Waals surface area (Å²) in [4.78, 5) is 4.28. The highest BCUT2D eigenvalue weighted by Crippen LogP contribution is 2.18. The Kier molecular flexibility index (Phi) is 4.08. The van der Waals surface area contributed by atoms with Crippen LogP contribution in [0.5, 0.6) is 0 Å². The largest absolute Gasteiger partial charge is 0.252 e. The first-order chi connectivity index (χ1) is 9.11. The molecular formula is C15H14N2OS. The molecule has 0 fully saturated rings. The number of pyridine rings is 1. The first kappa shape index (κ1) is 13.4. The van der Waals surface area contributed by atoms with E-state index in [2.05, 4.69) is 11.1 Å². The van der Waals surface area contributed by atoms with E-state index in [1.807, 2.05) is 50.2 Å². The predicted molar refractivity (Wildman–Crippen MR) is 75.0 cm³/mol. The third-order valence-electron chi connectivity index (χ3n) is 2.78. The van der Waals surface area contributed by atoms with E-state index < -0.39 is 10.8 Å². The Morgan fingerprint density at radius 3 is 2.58 bits per heavy atom. The maximum atomic E-state index is 12.4. The van der Waals surface area contributed by atoms with Crippen LogP contribution in [-0.2, 0) is 16.6 Å². The van der Waals surface area contributed by atoms with Gasteiger partial charge in [-0.15, -0.1) is 0 Å². The van der Waals surface area contributed by atoms with E-state index in [0.29, 0.717) is 16.3 Å². The molecule has 0 aliphatic heterocycles. The summed E-state index contributed by atoms with van der Waals surface area (Å²) in [5.41, 5.74) is 3.02. The zero-order valence-electron chi connectivity index (χ0n) is 10.9. The van der Waals surface area contributed by atoms with Crippen LogP contribution in [0.25, 0.3) is 0 Å². The van der Waals surface area contributed by atoms with Crippen LogP contribution in [0, 0.1) is 25.2 Å². The predicted octanol–water partition coefficient (Wildman–Crippen LogP) is 2.88. The van der Waals surface area contributed by atoms with Gasteiger partial charge < -0.3 is 0 Å². The van der Waals surface area contributed by atoms with Crippen LogP contribution in [0.3, 0.4) is 0 Å². The normalized spacial score (nSPS) is 11.8. The molecule has 2 rings (SSSR count). The van der Waals surface area contributed by atoms with Gasteiger partial charge in [-0.3, -0.25) is 4.21 Å². The minimum Gasteiger partial charge on any atom is -0.252 e. The van der Waals surface area contributed by atoms with E-state index >= 15 is 0 Å². The lowest BCUT2D eigenvalue weighted by Crippen LogP contribution is -2.05. The van der Waals surface area contributed by atoms with Gasteiger partial charge in [-0.2, -0.15) is 5.26 Å². The smallest absolute Gasteiger partial charge is 0.145 e. The van der Waals surface area contributed by atoms with Crippen LogP contribution >= 0.6 is 0 Å². The van der Waals surface area contributed by atoms with Gasteiger partial charge in [0, 0.05) is 5.69 Å². The van der Waals surface area contributed by atoms with Crippen molar-refractivity contribution in [2.75, 3.05) is 0 Å². The highest BCUT2D eigenvalue weighted by Gasteiger charge is 2.15. The van der Waals surface area contributed by atoms with E-state index in [-0.39, 0.29) is 0 Å². The van der Waals surface area contributed by atoms with Crippen LogP contribution in [0.1, 0.15) is 22.4 Å². The van der Waals surface area contributed by atoms with Crippen molar-refractivity contribution in [2.24, 2.45) is 0 Å². The van der Waals surface area contributed by atoms with Gasteiger partial charge in [-0.1, -0.05) is 30.3 Å². The summed E-state index contributed by atoms with van der Waals surface area (Å²) in [5, 5.41) is 9.57. The fourth-order valence-corrected chi connectivity index (χ4v) is 3.21. The Bertz CT molecular complexity index is 660. The fraction of sp³-hybridized carbons (Fsp3) is 0.200. The minimum atomic E-state index is -1.30. The molecule has 0 spiro atoms. The minimum absolute atomic E-state index is 0.380. The molecule has 0 saturated carbocycles. The van der Waals surface area contributed by atoms with Crippen LogP contribution in [0.15, 0.2) is 41.4 Å². The zero-order chi connectivity index (χ0) is 13.8. The van der Waals surface area contributed by atoms with Crippen molar-refractivity contribution in [1.82, 2.24) is 4.98 Å². The van der Waals surface area contributed by atoms with Crippen molar-refractivity contribution >= 4 is 10.8 Å². The lowest BCUT2D eigenvalue weighted by atomic mass is 10.1. The molecule has 1 atom stereocenters. The van der Waals surface area contributed by atoms with Gasteiger partial charge in [0.2, 0.25) is 0 Å². The molecule has 0 amide bonds. The van der Waals surface area contributed by atoms with Gasteiger partial charge in [0.15, 0.2) is 0 Å². The third kappa shape index (κ3) is 3.07. The molecule has 0 saturated heterocycles. The first-order valence-electron chi connectivity index (χ1n) is 5.92. The summed E-state index contributed by atoms with van der Waals surface area (Å²) in [6.07, 6.45) is 0. The molecule has 4 heteroatoms. The van der Waals surface area contributed by atoms with E-state index in [4.69, 9.17) is 0 Å². The summed E-state index contributed by atoms with van der Waals surface area (Å²) in [6, 6.07) is 13.5. The lowest BCUT2D eigenvalue weighted by Gasteiger charge is -2.07. The van der Waals surface area contributed by atoms with Crippen LogP contribution in [-0.4, -0.2) is 9.19 Å². The van der Waals surface area contributed by atoms with Crippen molar-refractivity contribution in [3.8, 4) is 6.07 Å². The topological polar surface area (TPSA) is 53.8 Å². The third-order valence-corrected chi connectivity index (χ3v) is 4.10. The average molecular weight is 270 g/mol. The standard InChI is InChI=1S/C15H14N2OS/c1-11-8-12(2)17-15(14(11)9-16)19(18)10-13-6-4-3-5-7-13/h3-8H,10H2,1-2H3/t19-/m1/s1. The quantitative estimate of drug-likeness (QED) is 0.861. The monoisotopic (exact) mass is 270 g/mol. The molecule has 1 aromatic carbocycles. The molecule has 0 unspecified atom stereocenters. The van der Waals surface area contributed by atoms with E-state index in [0.717, 1.165) is 16.8 Å². The molecule has 0 bridgehead atoms. The van der Waals surface area contributed by atoms with Gasteiger partial charge in [0.25, 0.3) is 0 Å². The van der Waals surface area contributed by atoms with Crippen molar-refractivity contribution in [2.45, 2.75) is 24.6 Å². The Balaban J connectivity index is 2.37. The molecular weight excluding hydrogens is 256 g/mol. The Labute approximate surface area is 115 Å². The number of nitriles is 1. The second-order valence-corrected chi connectivity index (χ2v) is 5.71. The number of aromatic nitrogens is 1. The highest BCUT2D eigenvalue weighted by molar-refractivity contribution is 7.84. The fourth-order valence-electron chi connectivity index (χ4n) is 1.90. The molecule has 0 N–H and O–H groups in total. The average Bonchev–Trinajstić information content (AvgIpc) is 2.39. The van der Waals surface area contributed by atoms with E-state index in [1.54, 1.807) is 0 Å². The summed E-state index contributed by atoms with van der Waals surface area (Å²) in [7, 11) is -1.30. The second kappa shape index (κ2) is 5.77. The zero-order valence-corrected chi connectivity index (χ0v) is 11.7. The molecule has 1 aromatic heterocycles. The van der Waals surface area contributed by atoms with Crippen molar-refractivity contribution < 1.29 is 4.21 Å². The first-order valence-corrected chi connectivity index (χ1v) is 7.24. The maximum Gasteiger partial charge on any atom is 0.145 e. The highest BCUT2D eigenvalue weighted by atomic mass is 32.2. The molecule has 1 heterocycles. The maximum absolute atomic E-state index is 12.4. The number of nitrogens with zero attached hydrogens (tertiary/aromatic N) is 2. The van der Waals surface area contributed by atoms with E-state index in [9.17, 15) is 9.47 Å². The molecule has 96 valence electrons. The molecule has 0 aliphatic rings. The lowest BCUT2D eigenvalue weighted by molar-refractivity contribution is 0.679. The van der Waals surface area contributed by atoms with Crippen LogP contribution in [0.2, 0.25) is 0 Å². The number of hydrogen-bond donors (Lipinski definition) is 0. The van der Waals surface area contributed by atoms with Crippen LogP contribution in [0.4, 0.5) is 0 Å². The number of aryl methyl sites for hydroxylation is 2. The molecule has 2 aromatic rings. The van der Waals surface area contributed by atoms with Gasteiger partial charge in [0.05, 0.1) is 22.1 Å². The van der Waals surface area contributed by atoms with Gasteiger partial charge in [0.1, 0.15) is 11.1 Å². The molecule has 3 nitrogen and oxygen atoms in total. The summed E-state index contributed by atoms with van der Waals surface area (Å²) < 4.78 is 12.4. The SMILES string of the molecule is Cc1cc(C)c(C#N)c([S@](=O)Cc2ccccc2)n1. The summed E-state index contributed by atoms with van der Waals surface area (Å²) >= 11 is 0. The molecule has 0 aliphatic carbocycles. The Hall–Kier alpha value is -1.99. The second-order valence-electron chi connectivity index (χ2n) is 4.35. The summed E-state index contributed by atoms with van der Waals surface area (Å²) in [5.74, 6) is 0.380. The van der Waals surface area contributed by atoms with Crippen molar-refractivity contribution in [3.63, 3.8) is 0 Å².